The van der Waals surface area contributed by atoms with Gasteiger partial charge in [-0.05, 0) is 75.1 Å². The molecule has 35 heavy (non-hydrogen) atoms. The molecule has 0 N–H and O–H groups in total. The molecular weight excluding hydrogens is 442 g/mol. The monoisotopic (exact) mass is 483 g/mol. The first-order chi connectivity index (χ1) is 17.0. The molecule has 1 amide bonds. The minimum Gasteiger partial charge on any atom is -0.493 e. The van der Waals surface area contributed by atoms with E-state index in [0.717, 1.165) is 38.9 Å². The molecule has 1 saturated heterocycles. The number of benzene rings is 1. The summed E-state index contributed by atoms with van der Waals surface area (Å²) in [4.78, 5) is 22.4. The molecule has 1 unspecified atom stereocenters. The normalized spacial score (nSPS) is 17.6. The van der Waals surface area contributed by atoms with Gasteiger partial charge in [-0.15, -0.1) is 0 Å². The maximum absolute atomic E-state index is 13.6. The summed E-state index contributed by atoms with van der Waals surface area (Å²) in [5.74, 6) is 1.45. The first kappa shape index (κ1) is 26.8. The summed E-state index contributed by atoms with van der Waals surface area (Å²) in [6.45, 7) is 9.14. The Morgan fingerprint density at radius 3 is 2.26 bits per heavy atom. The minimum absolute atomic E-state index is 0.0171. The zero-order chi connectivity index (χ0) is 25.3. The van der Waals surface area contributed by atoms with Crippen LogP contribution in [0.5, 0.6) is 17.2 Å². The van der Waals surface area contributed by atoms with Gasteiger partial charge in [0.1, 0.15) is 0 Å². The fraction of sp³-hybridized carbons (Fsp3) is 0.571. The first-order valence-corrected chi connectivity index (χ1v) is 12.7. The van der Waals surface area contributed by atoms with Crippen LogP contribution in [0.3, 0.4) is 0 Å². The number of hydrogen-bond donors (Lipinski definition) is 0. The highest BCUT2D eigenvalue weighted by atomic mass is 16.5. The summed E-state index contributed by atoms with van der Waals surface area (Å²) in [5, 5.41) is 0. The number of amides is 1. The zero-order valence-electron chi connectivity index (χ0n) is 22.0. The smallest absolute Gasteiger partial charge is 0.254 e. The van der Waals surface area contributed by atoms with Crippen molar-refractivity contribution in [2.24, 2.45) is 0 Å². The van der Waals surface area contributed by atoms with Crippen LogP contribution in [0, 0.1) is 0 Å². The molecule has 0 spiro atoms. The van der Waals surface area contributed by atoms with E-state index in [4.69, 9.17) is 14.2 Å². The minimum atomic E-state index is -0.0859. The van der Waals surface area contributed by atoms with Crippen molar-refractivity contribution in [3.8, 4) is 17.2 Å². The van der Waals surface area contributed by atoms with Gasteiger partial charge in [0.2, 0.25) is 5.75 Å². The van der Waals surface area contributed by atoms with Crippen LogP contribution in [-0.2, 0) is 5.41 Å². The average molecular weight is 484 g/mol. The summed E-state index contributed by atoms with van der Waals surface area (Å²) in [6.07, 6.45) is 9.24. The Bertz CT molecular complexity index is 927. The third-order valence-electron chi connectivity index (χ3n) is 7.12. The molecular formula is C28H41N3O4. The molecule has 0 saturated carbocycles. The van der Waals surface area contributed by atoms with E-state index in [2.05, 4.69) is 35.9 Å². The maximum atomic E-state index is 13.6. The van der Waals surface area contributed by atoms with E-state index in [0.29, 0.717) is 35.9 Å². The van der Waals surface area contributed by atoms with E-state index in [-0.39, 0.29) is 11.3 Å². The van der Waals surface area contributed by atoms with Crippen molar-refractivity contribution in [3.63, 3.8) is 0 Å². The number of likely N-dealkylation sites (tertiary alicyclic amines) is 1. The highest BCUT2D eigenvalue weighted by molar-refractivity contribution is 5.96. The maximum Gasteiger partial charge on any atom is 0.254 e. The standard InChI is InChI=1S/C28H41N3O4/c1-6-8-16-30(15-7-2)17-11-28(23-9-13-29-14-10-23)12-18-31(21-28)27(32)22-19-24(33-3)26(35-5)25(20-22)34-4/h9-10,13-14,19-20H,6-8,11-12,15-18,21H2,1-5H3. The van der Waals surface area contributed by atoms with Gasteiger partial charge < -0.3 is 24.0 Å². The zero-order valence-corrected chi connectivity index (χ0v) is 22.0. The van der Waals surface area contributed by atoms with Crippen molar-refractivity contribution >= 4 is 5.91 Å². The second-order valence-electron chi connectivity index (χ2n) is 9.35. The molecule has 1 aliphatic heterocycles. The van der Waals surface area contributed by atoms with Gasteiger partial charge in [-0.3, -0.25) is 9.78 Å². The van der Waals surface area contributed by atoms with Crippen LogP contribution in [0.4, 0.5) is 0 Å². The highest BCUT2D eigenvalue weighted by Gasteiger charge is 2.41. The van der Waals surface area contributed by atoms with Crippen molar-refractivity contribution in [2.45, 2.75) is 51.4 Å². The van der Waals surface area contributed by atoms with Crippen LogP contribution in [0.15, 0.2) is 36.7 Å². The van der Waals surface area contributed by atoms with E-state index < -0.39 is 0 Å². The van der Waals surface area contributed by atoms with Gasteiger partial charge in [-0.25, -0.2) is 0 Å². The molecule has 1 aromatic carbocycles. The van der Waals surface area contributed by atoms with Gasteiger partial charge in [0.15, 0.2) is 11.5 Å². The second kappa shape index (κ2) is 12.8. The lowest BCUT2D eigenvalue weighted by Crippen LogP contribution is -2.38. The Hall–Kier alpha value is -2.80. The third kappa shape index (κ3) is 6.26. The molecule has 1 fully saturated rings. The summed E-state index contributed by atoms with van der Waals surface area (Å²) >= 11 is 0. The lowest BCUT2D eigenvalue weighted by Gasteiger charge is -2.33. The van der Waals surface area contributed by atoms with Gasteiger partial charge in [0.25, 0.3) is 5.91 Å². The van der Waals surface area contributed by atoms with Crippen LogP contribution in [0.25, 0.3) is 0 Å². The molecule has 1 aliphatic rings. The van der Waals surface area contributed by atoms with E-state index in [1.807, 2.05) is 17.3 Å². The number of unbranched alkanes of at least 4 members (excludes halogenated alkanes) is 1. The van der Waals surface area contributed by atoms with Crippen LogP contribution in [0.1, 0.15) is 61.9 Å². The molecule has 1 aromatic heterocycles. The molecule has 3 rings (SSSR count). The molecule has 0 radical (unpaired) electrons. The third-order valence-corrected chi connectivity index (χ3v) is 7.12. The van der Waals surface area contributed by atoms with Crippen molar-refractivity contribution in [3.05, 3.63) is 47.8 Å². The molecule has 7 nitrogen and oxygen atoms in total. The summed E-state index contributed by atoms with van der Waals surface area (Å²) in [7, 11) is 4.70. The number of rotatable bonds is 13. The Kier molecular flexibility index (Phi) is 9.78. The Balaban J connectivity index is 1.85. The molecule has 2 aromatic rings. The lowest BCUT2D eigenvalue weighted by molar-refractivity contribution is 0.0780. The SMILES string of the molecule is CCCCN(CCC)CCC1(c2ccncc2)CCN(C(=O)c2cc(OC)c(OC)c(OC)c2)C1. The van der Waals surface area contributed by atoms with Crippen molar-refractivity contribution in [1.82, 2.24) is 14.8 Å². The molecule has 2 heterocycles. The van der Waals surface area contributed by atoms with Crippen LogP contribution in [-0.4, -0.2) is 74.7 Å². The quantitative estimate of drug-likeness (QED) is 0.408. The van der Waals surface area contributed by atoms with E-state index in [1.54, 1.807) is 33.5 Å². The fourth-order valence-electron chi connectivity index (χ4n) is 5.13. The van der Waals surface area contributed by atoms with Gasteiger partial charge >= 0.3 is 0 Å². The predicted molar refractivity (Wildman–Crippen MR) is 139 cm³/mol. The molecule has 1 atom stereocenters. The first-order valence-electron chi connectivity index (χ1n) is 12.7. The van der Waals surface area contributed by atoms with Crippen molar-refractivity contribution in [1.29, 1.82) is 0 Å². The number of aromatic nitrogens is 1. The number of pyridine rings is 1. The number of nitrogens with zero attached hydrogens (tertiary/aromatic N) is 3. The van der Waals surface area contributed by atoms with E-state index in [1.165, 1.54) is 18.4 Å². The largest absolute Gasteiger partial charge is 0.493 e. The van der Waals surface area contributed by atoms with Crippen LogP contribution in [0.2, 0.25) is 0 Å². The van der Waals surface area contributed by atoms with Gasteiger partial charge in [0, 0.05) is 36.5 Å². The number of hydrogen-bond acceptors (Lipinski definition) is 6. The Labute approximate surface area is 210 Å². The summed E-state index contributed by atoms with van der Waals surface area (Å²) in [5.41, 5.74) is 1.72. The number of methoxy groups -OCH3 is 3. The van der Waals surface area contributed by atoms with Crippen LogP contribution < -0.4 is 14.2 Å². The average Bonchev–Trinajstić information content (AvgIpc) is 3.35. The number of carbonyl (C=O) groups is 1. The van der Waals surface area contributed by atoms with Gasteiger partial charge in [-0.1, -0.05) is 20.3 Å². The summed E-state index contributed by atoms with van der Waals surface area (Å²) in [6, 6.07) is 7.71. The van der Waals surface area contributed by atoms with E-state index >= 15 is 0 Å². The topological polar surface area (TPSA) is 64.1 Å². The predicted octanol–water partition coefficient (Wildman–Crippen LogP) is 4.79. The fourth-order valence-corrected chi connectivity index (χ4v) is 5.13. The second-order valence-corrected chi connectivity index (χ2v) is 9.35. The number of ether oxygens (including phenoxy) is 3. The Morgan fingerprint density at radius 2 is 1.69 bits per heavy atom. The molecule has 0 aliphatic carbocycles. The van der Waals surface area contributed by atoms with Crippen molar-refractivity contribution in [2.75, 3.05) is 54.1 Å². The van der Waals surface area contributed by atoms with Crippen molar-refractivity contribution < 1.29 is 19.0 Å². The molecule has 7 heteroatoms. The van der Waals surface area contributed by atoms with E-state index in [9.17, 15) is 4.79 Å². The lowest BCUT2D eigenvalue weighted by atomic mass is 9.77. The van der Waals surface area contributed by atoms with Gasteiger partial charge in [0.05, 0.1) is 21.3 Å². The summed E-state index contributed by atoms with van der Waals surface area (Å²) < 4.78 is 16.4. The number of carbonyl (C=O) groups excluding carboxylic acids is 1. The Morgan fingerprint density at radius 1 is 1.00 bits per heavy atom. The van der Waals surface area contributed by atoms with Gasteiger partial charge in [-0.2, -0.15) is 0 Å². The van der Waals surface area contributed by atoms with Crippen LogP contribution >= 0.6 is 0 Å². The molecule has 0 bridgehead atoms. The highest BCUT2D eigenvalue weighted by Crippen LogP contribution is 2.41. The molecule has 192 valence electrons.